The smallest absolute Gasteiger partial charge is 0.416 e. The summed E-state index contributed by atoms with van der Waals surface area (Å²) in [5, 5.41) is 2.58. The zero-order chi connectivity index (χ0) is 17.9. The summed E-state index contributed by atoms with van der Waals surface area (Å²) < 4.78 is 42.9. The van der Waals surface area contributed by atoms with E-state index in [2.05, 4.69) is 10.3 Å². The fourth-order valence-corrected chi connectivity index (χ4v) is 2.17. The van der Waals surface area contributed by atoms with Gasteiger partial charge in [-0.25, -0.2) is 4.98 Å². The van der Waals surface area contributed by atoms with Crippen LogP contribution in [-0.4, -0.2) is 10.9 Å². The second-order valence-corrected chi connectivity index (χ2v) is 5.27. The Kier molecular flexibility index (Phi) is 4.56. The molecule has 0 bridgehead atoms. The van der Waals surface area contributed by atoms with Gasteiger partial charge < -0.3 is 9.73 Å². The fourth-order valence-electron chi connectivity index (χ4n) is 2.17. The van der Waals surface area contributed by atoms with Crippen LogP contribution in [0.1, 0.15) is 17.0 Å². The summed E-state index contributed by atoms with van der Waals surface area (Å²) in [6.45, 7) is 0.120. The zero-order valence-corrected chi connectivity index (χ0v) is 12.9. The molecule has 0 aliphatic rings. The molecule has 25 heavy (non-hydrogen) atoms. The Morgan fingerprint density at radius 2 is 1.84 bits per heavy atom. The van der Waals surface area contributed by atoms with Crippen molar-refractivity contribution in [1.82, 2.24) is 10.3 Å². The van der Waals surface area contributed by atoms with Gasteiger partial charge in [0.25, 0.3) is 0 Å². The first-order valence-electron chi connectivity index (χ1n) is 7.39. The van der Waals surface area contributed by atoms with Gasteiger partial charge in [-0.05, 0) is 29.8 Å². The van der Waals surface area contributed by atoms with Crippen LogP contribution >= 0.6 is 0 Å². The summed E-state index contributed by atoms with van der Waals surface area (Å²) in [5.41, 5.74) is 1.15. The number of para-hydroxylation sites is 2. The third kappa shape index (κ3) is 4.26. The minimum Gasteiger partial charge on any atom is -0.437 e. The molecule has 0 aliphatic heterocycles. The van der Waals surface area contributed by atoms with Crippen LogP contribution in [0.25, 0.3) is 17.2 Å². The fraction of sp³-hybridized carbons (Fsp3) is 0.111. The van der Waals surface area contributed by atoms with Gasteiger partial charge in [0.1, 0.15) is 5.52 Å². The minimum atomic E-state index is -4.37. The average molecular weight is 346 g/mol. The van der Waals surface area contributed by atoms with Crippen LogP contribution in [0.3, 0.4) is 0 Å². The normalized spacial score (nSPS) is 12.0. The van der Waals surface area contributed by atoms with Crippen LogP contribution in [-0.2, 0) is 17.5 Å². The van der Waals surface area contributed by atoms with Crippen molar-refractivity contribution in [2.24, 2.45) is 0 Å². The van der Waals surface area contributed by atoms with E-state index in [9.17, 15) is 18.0 Å². The number of rotatable bonds is 4. The van der Waals surface area contributed by atoms with Gasteiger partial charge in [-0.15, -0.1) is 0 Å². The van der Waals surface area contributed by atoms with Crippen LogP contribution in [0.2, 0.25) is 0 Å². The molecule has 0 aliphatic carbocycles. The monoisotopic (exact) mass is 346 g/mol. The largest absolute Gasteiger partial charge is 0.437 e. The third-order valence-corrected chi connectivity index (χ3v) is 3.44. The standard InChI is InChI=1S/C18H13F3N2O2/c19-18(20,21)13-7-5-12(6-8-13)11-22-16(24)9-10-17-23-14-3-1-2-4-15(14)25-17/h1-10H,11H2,(H,22,24)/b10-9+. The minimum absolute atomic E-state index is 0.120. The van der Waals surface area contributed by atoms with Crippen LogP contribution < -0.4 is 5.32 Å². The molecule has 1 heterocycles. The van der Waals surface area contributed by atoms with Crippen molar-refractivity contribution in [3.63, 3.8) is 0 Å². The van der Waals surface area contributed by atoms with E-state index in [1.165, 1.54) is 24.3 Å². The number of halogens is 3. The number of hydrogen-bond donors (Lipinski definition) is 1. The predicted molar refractivity (Wildman–Crippen MR) is 86.3 cm³/mol. The van der Waals surface area contributed by atoms with Gasteiger partial charge in [-0.1, -0.05) is 24.3 Å². The molecule has 0 atom stereocenters. The molecule has 0 saturated carbocycles. The number of aromatic nitrogens is 1. The highest BCUT2D eigenvalue weighted by Crippen LogP contribution is 2.29. The van der Waals surface area contributed by atoms with Crippen LogP contribution in [0.15, 0.2) is 59.0 Å². The Bertz CT molecular complexity index is 879. The summed E-state index contributed by atoms with van der Waals surface area (Å²) in [6.07, 6.45) is -1.68. The number of carbonyl (C=O) groups is 1. The second-order valence-electron chi connectivity index (χ2n) is 5.27. The zero-order valence-electron chi connectivity index (χ0n) is 12.9. The molecule has 0 fully saturated rings. The van der Waals surface area contributed by atoms with Crippen LogP contribution in [0.4, 0.5) is 13.2 Å². The van der Waals surface area contributed by atoms with E-state index >= 15 is 0 Å². The second kappa shape index (κ2) is 6.80. The van der Waals surface area contributed by atoms with Crippen LogP contribution in [0, 0.1) is 0 Å². The molecule has 7 heteroatoms. The van der Waals surface area contributed by atoms with Crippen molar-refractivity contribution < 1.29 is 22.4 Å². The lowest BCUT2D eigenvalue weighted by molar-refractivity contribution is -0.137. The Morgan fingerprint density at radius 3 is 2.52 bits per heavy atom. The number of carbonyl (C=O) groups excluding carboxylic acids is 1. The van der Waals surface area contributed by atoms with Gasteiger partial charge in [0.05, 0.1) is 5.56 Å². The molecule has 1 amide bonds. The molecule has 0 spiro atoms. The molecule has 0 unspecified atom stereocenters. The van der Waals surface area contributed by atoms with Gasteiger partial charge in [-0.3, -0.25) is 4.79 Å². The molecule has 3 aromatic rings. The topological polar surface area (TPSA) is 55.1 Å². The Morgan fingerprint density at radius 1 is 1.12 bits per heavy atom. The molecular formula is C18H13F3N2O2. The lowest BCUT2D eigenvalue weighted by atomic mass is 10.1. The van der Waals surface area contributed by atoms with E-state index in [1.807, 2.05) is 12.1 Å². The first-order chi connectivity index (χ1) is 11.9. The van der Waals surface area contributed by atoms with E-state index in [4.69, 9.17) is 4.42 Å². The summed E-state index contributed by atoms with van der Waals surface area (Å²) in [6, 6.07) is 11.8. The van der Waals surface area contributed by atoms with Crippen molar-refractivity contribution in [2.45, 2.75) is 12.7 Å². The number of alkyl halides is 3. The van der Waals surface area contributed by atoms with Gasteiger partial charge in [0, 0.05) is 18.7 Å². The summed E-state index contributed by atoms with van der Waals surface area (Å²) >= 11 is 0. The van der Waals surface area contributed by atoms with E-state index in [0.29, 0.717) is 22.6 Å². The molecule has 3 rings (SSSR count). The number of fused-ring (bicyclic) bond motifs is 1. The highest BCUT2D eigenvalue weighted by atomic mass is 19.4. The van der Waals surface area contributed by atoms with Gasteiger partial charge in [0.15, 0.2) is 5.58 Å². The molecular weight excluding hydrogens is 333 g/mol. The maximum Gasteiger partial charge on any atom is 0.416 e. The Labute approximate surface area is 141 Å². The first kappa shape index (κ1) is 16.8. The van der Waals surface area contributed by atoms with Crippen molar-refractivity contribution in [1.29, 1.82) is 0 Å². The Balaban J connectivity index is 1.57. The molecule has 0 saturated heterocycles. The van der Waals surface area contributed by atoms with E-state index < -0.39 is 17.6 Å². The number of nitrogens with zero attached hydrogens (tertiary/aromatic N) is 1. The maximum atomic E-state index is 12.5. The van der Waals surface area contributed by atoms with Crippen molar-refractivity contribution in [3.05, 3.63) is 71.6 Å². The average Bonchev–Trinajstić information content (AvgIpc) is 3.00. The number of benzene rings is 2. The summed E-state index contributed by atoms with van der Waals surface area (Å²) in [7, 11) is 0. The van der Waals surface area contributed by atoms with Crippen molar-refractivity contribution >= 4 is 23.1 Å². The van der Waals surface area contributed by atoms with Gasteiger partial charge >= 0.3 is 6.18 Å². The third-order valence-electron chi connectivity index (χ3n) is 3.44. The van der Waals surface area contributed by atoms with Crippen molar-refractivity contribution in [3.8, 4) is 0 Å². The molecule has 128 valence electrons. The van der Waals surface area contributed by atoms with E-state index in [1.54, 1.807) is 12.1 Å². The molecule has 2 aromatic carbocycles. The number of oxazole rings is 1. The van der Waals surface area contributed by atoms with Crippen molar-refractivity contribution in [2.75, 3.05) is 0 Å². The number of amides is 1. The highest BCUT2D eigenvalue weighted by molar-refractivity contribution is 5.91. The first-order valence-corrected chi connectivity index (χ1v) is 7.39. The molecule has 0 radical (unpaired) electrons. The maximum absolute atomic E-state index is 12.5. The van der Waals surface area contributed by atoms with Crippen LogP contribution in [0.5, 0.6) is 0 Å². The predicted octanol–water partition coefficient (Wildman–Crippen LogP) is 4.18. The molecule has 1 N–H and O–H groups in total. The highest BCUT2D eigenvalue weighted by Gasteiger charge is 2.29. The van der Waals surface area contributed by atoms with Gasteiger partial charge in [0.2, 0.25) is 11.8 Å². The van der Waals surface area contributed by atoms with E-state index in [-0.39, 0.29) is 6.54 Å². The summed E-state index contributed by atoms with van der Waals surface area (Å²) in [4.78, 5) is 16.0. The van der Waals surface area contributed by atoms with Gasteiger partial charge in [-0.2, -0.15) is 13.2 Å². The molecule has 4 nitrogen and oxygen atoms in total. The Hall–Kier alpha value is -3.09. The molecule has 1 aromatic heterocycles. The lowest BCUT2D eigenvalue weighted by Gasteiger charge is -2.07. The summed E-state index contributed by atoms with van der Waals surface area (Å²) in [5.74, 6) is -0.104. The number of nitrogens with one attached hydrogen (secondary N) is 1. The van der Waals surface area contributed by atoms with E-state index in [0.717, 1.165) is 12.1 Å². The SMILES string of the molecule is O=C(/C=C/c1nc2ccccc2o1)NCc1ccc(C(F)(F)F)cc1. The lowest BCUT2D eigenvalue weighted by Crippen LogP contribution is -2.20. The quantitative estimate of drug-likeness (QED) is 0.721. The number of hydrogen-bond acceptors (Lipinski definition) is 3.